The zero-order chi connectivity index (χ0) is 18.4. The molecule has 0 fully saturated rings. The number of hydrogen-bond donors (Lipinski definition) is 1. The summed E-state index contributed by atoms with van der Waals surface area (Å²) in [6.07, 6.45) is -1.02. The lowest BCUT2D eigenvalue weighted by molar-refractivity contribution is -0.123. The molecule has 1 amide bonds. The van der Waals surface area contributed by atoms with Crippen LogP contribution in [0.15, 0.2) is 48.5 Å². The number of anilines is 1. The van der Waals surface area contributed by atoms with E-state index in [1.54, 1.807) is 36.4 Å². The fraction of sp³-hybridized carbons (Fsp3) is 0.158. The van der Waals surface area contributed by atoms with Gasteiger partial charge in [0.2, 0.25) is 0 Å². The minimum Gasteiger partial charge on any atom is -0.449 e. The Labute approximate surface area is 145 Å². The molecule has 0 radical (unpaired) electrons. The maximum Gasteiger partial charge on any atom is 0.338 e. The van der Waals surface area contributed by atoms with Crippen LogP contribution in [0, 0.1) is 11.3 Å². The summed E-state index contributed by atoms with van der Waals surface area (Å²) in [5.74, 6) is -1.26. The fourth-order valence-electron chi connectivity index (χ4n) is 2.03. The van der Waals surface area contributed by atoms with Crippen LogP contribution in [-0.4, -0.2) is 23.8 Å². The number of Topliss-reactive ketones (excluding diaryl/α,β-unsaturated/α-hetero) is 1. The number of nitrogens with one attached hydrogen (secondary N) is 1. The molecule has 6 heteroatoms. The molecule has 1 atom stereocenters. The number of carbonyl (C=O) groups excluding carboxylic acids is 3. The van der Waals surface area contributed by atoms with Crippen LogP contribution in [0.5, 0.6) is 0 Å². The number of benzene rings is 2. The number of ether oxygens (including phenoxy) is 1. The van der Waals surface area contributed by atoms with Gasteiger partial charge in [-0.3, -0.25) is 9.59 Å². The predicted octanol–water partition coefficient (Wildman–Crippen LogP) is 2.94. The lowest BCUT2D eigenvalue weighted by Gasteiger charge is -2.13. The number of esters is 1. The molecule has 2 aromatic rings. The summed E-state index contributed by atoms with van der Waals surface area (Å²) in [6, 6.07) is 14.4. The van der Waals surface area contributed by atoms with Crippen molar-refractivity contribution < 1.29 is 19.1 Å². The van der Waals surface area contributed by atoms with Crippen LogP contribution in [0.25, 0.3) is 0 Å². The molecule has 0 saturated heterocycles. The van der Waals surface area contributed by atoms with E-state index in [1.807, 2.05) is 6.07 Å². The molecule has 0 aliphatic carbocycles. The number of carbonyl (C=O) groups is 3. The Morgan fingerprint density at radius 2 is 1.76 bits per heavy atom. The van der Waals surface area contributed by atoms with Gasteiger partial charge in [0.1, 0.15) is 0 Å². The third-order valence-corrected chi connectivity index (χ3v) is 3.44. The first-order valence-electron chi connectivity index (χ1n) is 7.53. The molecule has 2 rings (SSSR count). The Morgan fingerprint density at radius 1 is 1.08 bits per heavy atom. The molecule has 0 spiro atoms. The molecule has 0 aliphatic rings. The first-order chi connectivity index (χ1) is 11.9. The smallest absolute Gasteiger partial charge is 0.338 e. The maximum absolute atomic E-state index is 12.1. The maximum atomic E-state index is 12.1. The highest BCUT2D eigenvalue weighted by molar-refractivity contribution is 5.98. The second kappa shape index (κ2) is 7.88. The van der Waals surface area contributed by atoms with Crippen molar-refractivity contribution in [1.29, 1.82) is 5.26 Å². The van der Waals surface area contributed by atoms with Crippen molar-refractivity contribution >= 4 is 23.3 Å². The SMILES string of the molecule is CC(=O)c1ccc(NC(=O)[C@@H](C)OC(=O)c2cccc(C#N)c2)cc1. The average Bonchev–Trinajstić information content (AvgIpc) is 2.62. The van der Waals surface area contributed by atoms with Crippen LogP contribution in [0.3, 0.4) is 0 Å². The van der Waals surface area contributed by atoms with E-state index in [9.17, 15) is 14.4 Å². The van der Waals surface area contributed by atoms with Gasteiger partial charge in [0.05, 0.1) is 17.2 Å². The van der Waals surface area contributed by atoms with Gasteiger partial charge in [-0.05, 0) is 56.3 Å². The molecule has 1 N–H and O–H groups in total. The zero-order valence-corrected chi connectivity index (χ0v) is 13.8. The summed E-state index contributed by atoms with van der Waals surface area (Å²) < 4.78 is 5.12. The van der Waals surface area contributed by atoms with Gasteiger partial charge >= 0.3 is 5.97 Å². The Kier molecular flexibility index (Phi) is 5.64. The molecule has 126 valence electrons. The Bertz CT molecular complexity index is 850. The molecule has 2 aromatic carbocycles. The summed E-state index contributed by atoms with van der Waals surface area (Å²) in [5.41, 5.74) is 1.56. The van der Waals surface area contributed by atoms with E-state index in [-0.39, 0.29) is 11.3 Å². The third kappa shape index (κ3) is 4.75. The van der Waals surface area contributed by atoms with Gasteiger partial charge in [0.15, 0.2) is 11.9 Å². The number of rotatable bonds is 5. The highest BCUT2D eigenvalue weighted by atomic mass is 16.5. The van der Waals surface area contributed by atoms with Crippen LogP contribution >= 0.6 is 0 Å². The summed E-state index contributed by atoms with van der Waals surface area (Å²) in [7, 11) is 0. The lowest BCUT2D eigenvalue weighted by Crippen LogP contribution is -2.30. The monoisotopic (exact) mass is 336 g/mol. The summed E-state index contributed by atoms with van der Waals surface area (Å²) in [5, 5.41) is 11.5. The molecule has 0 bridgehead atoms. The van der Waals surface area contributed by atoms with E-state index < -0.39 is 18.0 Å². The standard InChI is InChI=1S/C19H16N2O4/c1-12(22)15-6-8-17(9-7-15)21-18(23)13(2)25-19(24)16-5-3-4-14(10-16)11-20/h3-10,13H,1-2H3,(H,21,23)/t13-/m1/s1. The minimum atomic E-state index is -1.02. The fourth-order valence-corrected chi connectivity index (χ4v) is 2.03. The number of hydrogen-bond acceptors (Lipinski definition) is 5. The van der Waals surface area contributed by atoms with Gasteiger partial charge in [-0.1, -0.05) is 6.07 Å². The normalized spacial score (nSPS) is 11.1. The molecule has 0 aliphatic heterocycles. The molecule has 0 aromatic heterocycles. The lowest BCUT2D eigenvalue weighted by atomic mass is 10.1. The van der Waals surface area contributed by atoms with E-state index in [0.717, 1.165) is 0 Å². The van der Waals surface area contributed by atoms with Gasteiger partial charge in [-0.2, -0.15) is 5.26 Å². The quantitative estimate of drug-likeness (QED) is 0.669. The van der Waals surface area contributed by atoms with Gasteiger partial charge in [-0.25, -0.2) is 4.79 Å². The largest absolute Gasteiger partial charge is 0.449 e. The highest BCUT2D eigenvalue weighted by Crippen LogP contribution is 2.12. The summed E-state index contributed by atoms with van der Waals surface area (Å²) >= 11 is 0. The molecule has 0 saturated carbocycles. The van der Waals surface area contributed by atoms with Crippen LogP contribution < -0.4 is 5.32 Å². The molecular formula is C19H16N2O4. The van der Waals surface area contributed by atoms with Crippen LogP contribution in [0.2, 0.25) is 0 Å². The summed E-state index contributed by atoms with van der Waals surface area (Å²) in [6.45, 7) is 2.90. The van der Waals surface area contributed by atoms with Gasteiger partial charge in [0, 0.05) is 11.3 Å². The van der Waals surface area contributed by atoms with Crippen molar-refractivity contribution in [2.75, 3.05) is 5.32 Å². The summed E-state index contributed by atoms with van der Waals surface area (Å²) in [4.78, 5) is 35.4. The van der Waals surface area contributed by atoms with E-state index in [1.165, 1.54) is 26.0 Å². The second-order valence-corrected chi connectivity index (χ2v) is 5.36. The molecule has 25 heavy (non-hydrogen) atoms. The topological polar surface area (TPSA) is 96.3 Å². The highest BCUT2D eigenvalue weighted by Gasteiger charge is 2.19. The Morgan fingerprint density at radius 3 is 2.36 bits per heavy atom. The third-order valence-electron chi connectivity index (χ3n) is 3.44. The van der Waals surface area contributed by atoms with E-state index >= 15 is 0 Å². The van der Waals surface area contributed by atoms with Crippen molar-refractivity contribution in [1.82, 2.24) is 0 Å². The van der Waals surface area contributed by atoms with Crippen LogP contribution in [0.4, 0.5) is 5.69 Å². The van der Waals surface area contributed by atoms with Crippen molar-refractivity contribution in [3.8, 4) is 6.07 Å². The van der Waals surface area contributed by atoms with Crippen molar-refractivity contribution in [2.24, 2.45) is 0 Å². The van der Waals surface area contributed by atoms with Crippen LogP contribution in [0.1, 0.15) is 40.1 Å². The predicted molar refractivity (Wildman–Crippen MR) is 91.1 cm³/mol. The van der Waals surface area contributed by atoms with Crippen molar-refractivity contribution in [3.63, 3.8) is 0 Å². The second-order valence-electron chi connectivity index (χ2n) is 5.36. The minimum absolute atomic E-state index is 0.0697. The number of amides is 1. The van der Waals surface area contributed by atoms with E-state index in [2.05, 4.69) is 5.32 Å². The first-order valence-corrected chi connectivity index (χ1v) is 7.53. The Balaban J connectivity index is 1.98. The van der Waals surface area contributed by atoms with Gasteiger partial charge < -0.3 is 10.1 Å². The number of nitriles is 1. The number of ketones is 1. The van der Waals surface area contributed by atoms with Crippen LogP contribution in [-0.2, 0) is 9.53 Å². The van der Waals surface area contributed by atoms with Gasteiger partial charge in [-0.15, -0.1) is 0 Å². The molecule has 0 unspecified atom stereocenters. The molecular weight excluding hydrogens is 320 g/mol. The average molecular weight is 336 g/mol. The van der Waals surface area contributed by atoms with E-state index in [4.69, 9.17) is 10.00 Å². The van der Waals surface area contributed by atoms with Crippen molar-refractivity contribution in [2.45, 2.75) is 20.0 Å². The first kappa shape index (κ1) is 17.9. The van der Waals surface area contributed by atoms with Crippen molar-refractivity contribution in [3.05, 3.63) is 65.2 Å². The Hall–Kier alpha value is -3.46. The zero-order valence-electron chi connectivity index (χ0n) is 13.8. The molecule has 0 heterocycles. The van der Waals surface area contributed by atoms with E-state index in [0.29, 0.717) is 16.8 Å². The number of nitrogens with zero attached hydrogens (tertiary/aromatic N) is 1. The molecule has 6 nitrogen and oxygen atoms in total. The van der Waals surface area contributed by atoms with Gasteiger partial charge in [0.25, 0.3) is 5.91 Å².